The number of rotatable bonds is 8. The van der Waals surface area contributed by atoms with Gasteiger partial charge >= 0.3 is 6.09 Å². The second kappa shape index (κ2) is 9.50. The summed E-state index contributed by atoms with van der Waals surface area (Å²) in [6.45, 7) is 12.3. The fraction of sp³-hybridized carbons (Fsp3) is 0.706. The molecule has 0 saturated carbocycles. The molecule has 1 amide bonds. The van der Waals surface area contributed by atoms with Crippen LogP contribution in [0, 0.1) is 11.8 Å². The number of carbonyl (C=O) groups is 1. The van der Waals surface area contributed by atoms with Gasteiger partial charge in [0, 0.05) is 11.4 Å². The molecule has 0 aromatic carbocycles. The highest BCUT2D eigenvalue weighted by Crippen LogP contribution is 2.21. The van der Waals surface area contributed by atoms with Gasteiger partial charge in [-0.05, 0) is 64.3 Å². The number of carbonyl (C=O) groups excluding carboxylic acids is 1. The van der Waals surface area contributed by atoms with E-state index in [0.717, 1.165) is 23.8 Å². The number of nitrogens with one attached hydrogen (secondary N) is 2. The minimum Gasteiger partial charge on any atom is -0.444 e. The molecule has 1 aromatic heterocycles. The van der Waals surface area contributed by atoms with Crippen molar-refractivity contribution in [1.82, 2.24) is 10.6 Å². The summed E-state index contributed by atoms with van der Waals surface area (Å²) in [5.41, 5.74) is -0.461. The molecule has 23 heavy (non-hydrogen) atoms. The van der Waals surface area contributed by atoms with Crippen molar-refractivity contribution >= 4 is 29.0 Å². The summed E-state index contributed by atoms with van der Waals surface area (Å²) in [5, 5.41) is 6.33. The van der Waals surface area contributed by atoms with E-state index in [4.69, 9.17) is 16.3 Å². The zero-order chi connectivity index (χ0) is 17.5. The number of hydrogen-bond donors (Lipinski definition) is 2. The van der Waals surface area contributed by atoms with E-state index in [1.165, 1.54) is 4.88 Å². The van der Waals surface area contributed by atoms with Crippen molar-refractivity contribution in [2.75, 3.05) is 19.6 Å². The quantitative estimate of drug-likeness (QED) is 0.678. The maximum Gasteiger partial charge on any atom is 0.407 e. The molecule has 0 aliphatic heterocycles. The second-order valence-corrected chi connectivity index (χ2v) is 8.85. The molecule has 0 aliphatic carbocycles. The molecule has 0 radical (unpaired) electrons. The SMILES string of the molecule is CC(C)C(CNCCc1ccc(Cl)s1)CNC(=O)OC(C)(C)C. The van der Waals surface area contributed by atoms with Crippen molar-refractivity contribution in [1.29, 1.82) is 0 Å². The van der Waals surface area contributed by atoms with Crippen LogP contribution in [0.2, 0.25) is 4.34 Å². The van der Waals surface area contributed by atoms with Gasteiger partial charge in [-0.2, -0.15) is 0 Å². The van der Waals surface area contributed by atoms with Crippen LogP contribution in [0.3, 0.4) is 0 Å². The molecular formula is C17H29ClN2O2S. The van der Waals surface area contributed by atoms with E-state index in [0.29, 0.717) is 18.4 Å². The fourth-order valence-corrected chi connectivity index (χ4v) is 3.14. The highest BCUT2D eigenvalue weighted by molar-refractivity contribution is 7.16. The molecule has 1 rings (SSSR count). The third kappa shape index (κ3) is 9.18. The first-order valence-electron chi connectivity index (χ1n) is 8.09. The van der Waals surface area contributed by atoms with Crippen LogP contribution in [0.25, 0.3) is 0 Å². The highest BCUT2D eigenvalue weighted by atomic mass is 35.5. The monoisotopic (exact) mass is 360 g/mol. The van der Waals surface area contributed by atoms with E-state index in [1.54, 1.807) is 11.3 Å². The summed E-state index contributed by atoms with van der Waals surface area (Å²) in [6, 6.07) is 4.00. The Balaban J connectivity index is 2.27. The lowest BCUT2D eigenvalue weighted by atomic mass is 9.96. The largest absolute Gasteiger partial charge is 0.444 e. The Labute approximate surface area is 148 Å². The molecule has 0 bridgehead atoms. The van der Waals surface area contributed by atoms with Gasteiger partial charge < -0.3 is 15.4 Å². The summed E-state index contributed by atoms with van der Waals surface area (Å²) >= 11 is 7.55. The van der Waals surface area contributed by atoms with Crippen molar-refractivity contribution in [3.63, 3.8) is 0 Å². The zero-order valence-corrected chi connectivity index (χ0v) is 16.3. The van der Waals surface area contributed by atoms with Gasteiger partial charge in [-0.15, -0.1) is 11.3 Å². The summed E-state index contributed by atoms with van der Waals surface area (Å²) in [7, 11) is 0. The van der Waals surface area contributed by atoms with Crippen molar-refractivity contribution in [3.05, 3.63) is 21.3 Å². The van der Waals surface area contributed by atoms with Gasteiger partial charge in [0.25, 0.3) is 0 Å². The van der Waals surface area contributed by atoms with Crippen molar-refractivity contribution in [2.45, 2.75) is 46.6 Å². The standard InChI is InChI=1S/C17H29ClN2O2S/c1-12(2)13(11-20-16(21)22-17(3,4)5)10-19-9-8-14-6-7-15(18)23-14/h6-7,12-13,19H,8-11H2,1-5H3,(H,20,21). The maximum absolute atomic E-state index is 11.7. The molecule has 0 aliphatic rings. The third-order valence-electron chi connectivity index (χ3n) is 3.43. The van der Waals surface area contributed by atoms with Crippen LogP contribution in [0.1, 0.15) is 39.5 Å². The van der Waals surface area contributed by atoms with Crippen LogP contribution in [0.15, 0.2) is 12.1 Å². The Bertz CT molecular complexity index is 483. The van der Waals surface area contributed by atoms with Crippen LogP contribution < -0.4 is 10.6 Å². The predicted octanol–water partition coefficient (Wildman–Crippen LogP) is 4.33. The average Bonchev–Trinajstić information content (AvgIpc) is 2.81. The first kappa shape index (κ1) is 20.3. The van der Waals surface area contributed by atoms with E-state index in [9.17, 15) is 4.79 Å². The number of thiophene rings is 1. The van der Waals surface area contributed by atoms with Gasteiger partial charge in [-0.1, -0.05) is 25.4 Å². The van der Waals surface area contributed by atoms with Crippen LogP contribution in [0.4, 0.5) is 4.79 Å². The molecule has 0 spiro atoms. The topological polar surface area (TPSA) is 50.4 Å². The molecule has 1 atom stereocenters. The van der Waals surface area contributed by atoms with Gasteiger partial charge in [-0.3, -0.25) is 0 Å². The normalized spacial score (nSPS) is 13.2. The number of amides is 1. The smallest absolute Gasteiger partial charge is 0.407 e. The first-order chi connectivity index (χ1) is 10.7. The molecule has 0 saturated heterocycles. The highest BCUT2D eigenvalue weighted by Gasteiger charge is 2.18. The average molecular weight is 361 g/mol. The summed E-state index contributed by atoms with van der Waals surface area (Å²) in [5.74, 6) is 0.850. The van der Waals surface area contributed by atoms with E-state index < -0.39 is 5.60 Å². The van der Waals surface area contributed by atoms with Crippen molar-refractivity contribution < 1.29 is 9.53 Å². The molecular weight excluding hydrogens is 332 g/mol. The number of halogens is 1. The Morgan fingerprint density at radius 1 is 1.30 bits per heavy atom. The Hall–Kier alpha value is -0.780. The van der Waals surface area contributed by atoms with Gasteiger partial charge in [-0.25, -0.2) is 4.79 Å². The Morgan fingerprint density at radius 2 is 2.00 bits per heavy atom. The first-order valence-corrected chi connectivity index (χ1v) is 9.28. The van der Waals surface area contributed by atoms with Crippen molar-refractivity contribution in [2.24, 2.45) is 11.8 Å². The molecule has 2 N–H and O–H groups in total. The zero-order valence-electron chi connectivity index (χ0n) is 14.7. The molecule has 1 heterocycles. The van der Waals surface area contributed by atoms with Crippen LogP contribution >= 0.6 is 22.9 Å². The van der Waals surface area contributed by atoms with E-state index in [-0.39, 0.29) is 6.09 Å². The van der Waals surface area contributed by atoms with Gasteiger partial charge in [0.05, 0.1) is 4.34 Å². The Kier molecular flexibility index (Phi) is 8.37. The lowest BCUT2D eigenvalue weighted by Gasteiger charge is -2.24. The number of alkyl carbamates (subject to hydrolysis) is 1. The summed E-state index contributed by atoms with van der Waals surface area (Å²) in [4.78, 5) is 13.0. The van der Waals surface area contributed by atoms with E-state index in [1.807, 2.05) is 26.8 Å². The third-order valence-corrected chi connectivity index (χ3v) is 4.72. The van der Waals surface area contributed by atoms with Crippen LogP contribution in [0.5, 0.6) is 0 Å². The van der Waals surface area contributed by atoms with Crippen LogP contribution in [-0.4, -0.2) is 31.3 Å². The minimum absolute atomic E-state index is 0.351. The molecule has 0 fully saturated rings. The molecule has 6 heteroatoms. The molecule has 132 valence electrons. The molecule has 4 nitrogen and oxygen atoms in total. The Morgan fingerprint density at radius 3 is 2.52 bits per heavy atom. The van der Waals surface area contributed by atoms with E-state index in [2.05, 4.69) is 30.5 Å². The minimum atomic E-state index is -0.461. The maximum atomic E-state index is 11.7. The summed E-state index contributed by atoms with van der Waals surface area (Å²) < 4.78 is 6.11. The number of ether oxygens (including phenoxy) is 1. The van der Waals surface area contributed by atoms with Crippen LogP contribution in [-0.2, 0) is 11.2 Å². The second-order valence-electron chi connectivity index (χ2n) is 7.05. The fourth-order valence-electron chi connectivity index (χ4n) is 2.06. The van der Waals surface area contributed by atoms with E-state index >= 15 is 0 Å². The lowest BCUT2D eigenvalue weighted by molar-refractivity contribution is 0.0515. The van der Waals surface area contributed by atoms with Gasteiger partial charge in [0.1, 0.15) is 5.60 Å². The lowest BCUT2D eigenvalue weighted by Crippen LogP contribution is -2.39. The summed E-state index contributed by atoms with van der Waals surface area (Å²) in [6.07, 6.45) is 0.623. The van der Waals surface area contributed by atoms with Gasteiger partial charge in [0.2, 0.25) is 0 Å². The predicted molar refractivity (Wildman–Crippen MR) is 98.5 cm³/mol. The molecule has 1 unspecified atom stereocenters. The molecule has 1 aromatic rings. The van der Waals surface area contributed by atoms with Gasteiger partial charge in [0.15, 0.2) is 0 Å². The van der Waals surface area contributed by atoms with Crippen molar-refractivity contribution in [3.8, 4) is 0 Å². The number of hydrogen-bond acceptors (Lipinski definition) is 4.